The average molecular weight is 304 g/mol. The second-order valence-electron chi connectivity index (χ2n) is 7.27. The molecule has 22 heavy (non-hydrogen) atoms. The van der Waals surface area contributed by atoms with Crippen molar-refractivity contribution in [3.8, 4) is 0 Å². The summed E-state index contributed by atoms with van der Waals surface area (Å²) in [4.78, 5) is 2.21. The highest BCUT2D eigenvalue weighted by Crippen LogP contribution is 2.28. The Balaban J connectivity index is 1.68. The molecule has 2 fully saturated rings. The van der Waals surface area contributed by atoms with Gasteiger partial charge in [0.25, 0.3) is 0 Å². The highest BCUT2D eigenvalue weighted by molar-refractivity contribution is 5.50. The number of anilines is 1. The third-order valence-electron chi connectivity index (χ3n) is 5.31. The molecule has 0 aromatic heterocycles. The molecule has 2 aliphatic rings. The first kappa shape index (κ1) is 15.8. The monoisotopic (exact) mass is 304 g/mol. The molecule has 0 radical (unpaired) electrons. The van der Waals surface area contributed by atoms with E-state index in [0.29, 0.717) is 12.0 Å². The minimum atomic E-state index is -0.0633. The van der Waals surface area contributed by atoms with Crippen LogP contribution in [0.25, 0.3) is 0 Å². The van der Waals surface area contributed by atoms with E-state index in [4.69, 9.17) is 0 Å². The number of rotatable bonds is 4. The molecular formula is C19H29FN2. The van der Waals surface area contributed by atoms with Gasteiger partial charge in [0.1, 0.15) is 5.82 Å². The molecule has 1 aromatic carbocycles. The van der Waals surface area contributed by atoms with Gasteiger partial charge in [-0.25, -0.2) is 4.39 Å². The molecule has 1 aliphatic carbocycles. The van der Waals surface area contributed by atoms with E-state index in [1.807, 2.05) is 6.07 Å². The maximum Gasteiger partial charge on any atom is 0.146 e. The second-order valence-corrected chi connectivity index (χ2v) is 7.27. The molecule has 0 bridgehead atoms. The van der Waals surface area contributed by atoms with Crippen molar-refractivity contribution in [1.82, 2.24) is 5.32 Å². The summed E-state index contributed by atoms with van der Waals surface area (Å²) in [5, 5.41) is 3.65. The van der Waals surface area contributed by atoms with Crippen molar-refractivity contribution < 1.29 is 4.39 Å². The summed E-state index contributed by atoms with van der Waals surface area (Å²) in [6.45, 7) is 6.37. The van der Waals surface area contributed by atoms with Crippen LogP contribution >= 0.6 is 0 Å². The fourth-order valence-electron chi connectivity index (χ4n) is 4.00. The highest BCUT2D eigenvalue weighted by atomic mass is 19.1. The van der Waals surface area contributed by atoms with E-state index in [0.717, 1.165) is 24.3 Å². The minimum absolute atomic E-state index is 0.0633. The molecule has 0 amide bonds. The average Bonchev–Trinajstić information content (AvgIpc) is 3.00. The van der Waals surface area contributed by atoms with Crippen molar-refractivity contribution in [2.24, 2.45) is 5.92 Å². The summed E-state index contributed by atoms with van der Waals surface area (Å²) in [6, 6.07) is 6.66. The van der Waals surface area contributed by atoms with E-state index >= 15 is 0 Å². The summed E-state index contributed by atoms with van der Waals surface area (Å²) in [6.07, 6.45) is 7.60. The molecule has 2 atom stereocenters. The van der Waals surface area contributed by atoms with Crippen LogP contribution in [0.1, 0.15) is 64.0 Å². The number of piperidine rings is 1. The number of halogens is 1. The largest absolute Gasteiger partial charge is 0.369 e. The first-order valence-corrected chi connectivity index (χ1v) is 8.94. The lowest BCUT2D eigenvalue weighted by molar-refractivity contribution is 0.441. The van der Waals surface area contributed by atoms with Crippen LogP contribution in [0.5, 0.6) is 0 Å². The Morgan fingerprint density at radius 1 is 1.18 bits per heavy atom. The molecule has 1 saturated carbocycles. The lowest BCUT2D eigenvalue weighted by atomic mass is 9.99. The molecule has 1 aliphatic heterocycles. The zero-order valence-electron chi connectivity index (χ0n) is 13.9. The fraction of sp³-hybridized carbons (Fsp3) is 0.684. The predicted molar refractivity (Wildman–Crippen MR) is 90.8 cm³/mol. The molecule has 2 nitrogen and oxygen atoms in total. The Labute approximate surface area is 134 Å². The SMILES string of the molecule is C[C@@H]1CCCN(c2ccc([C@H](C)NC3CCCC3)cc2F)C1. The van der Waals surface area contributed by atoms with Gasteiger partial charge >= 0.3 is 0 Å². The van der Waals surface area contributed by atoms with E-state index in [9.17, 15) is 4.39 Å². The number of hydrogen-bond donors (Lipinski definition) is 1. The number of nitrogens with one attached hydrogen (secondary N) is 1. The van der Waals surface area contributed by atoms with E-state index in [2.05, 4.69) is 30.1 Å². The molecule has 0 spiro atoms. The van der Waals surface area contributed by atoms with Crippen molar-refractivity contribution in [2.75, 3.05) is 18.0 Å². The van der Waals surface area contributed by atoms with Gasteiger partial charge in [-0.15, -0.1) is 0 Å². The summed E-state index contributed by atoms with van der Waals surface area (Å²) < 4.78 is 14.6. The molecule has 1 N–H and O–H groups in total. The Bertz CT molecular complexity index is 496. The van der Waals surface area contributed by atoms with E-state index < -0.39 is 0 Å². The Morgan fingerprint density at radius 2 is 1.95 bits per heavy atom. The first-order valence-electron chi connectivity index (χ1n) is 8.94. The van der Waals surface area contributed by atoms with E-state index in [-0.39, 0.29) is 11.9 Å². The summed E-state index contributed by atoms with van der Waals surface area (Å²) in [7, 11) is 0. The van der Waals surface area contributed by atoms with Gasteiger partial charge < -0.3 is 10.2 Å². The lowest BCUT2D eigenvalue weighted by Crippen LogP contribution is -2.35. The van der Waals surface area contributed by atoms with Gasteiger partial charge in [-0.05, 0) is 56.2 Å². The zero-order valence-corrected chi connectivity index (χ0v) is 13.9. The third-order valence-corrected chi connectivity index (χ3v) is 5.31. The highest BCUT2D eigenvalue weighted by Gasteiger charge is 2.21. The summed E-state index contributed by atoms with van der Waals surface area (Å²) >= 11 is 0. The second kappa shape index (κ2) is 6.99. The van der Waals surface area contributed by atoms with Crippen LogP contribution in [-0.2, 0) is 0 Å². The van der Waals surface area contributed by atoms with Crippen LogP contribution in [0.15, 0.2) is 18.2 Å². The van der Waals surface area contributed by atoms with Crippen molar-refractivity contribution in [2.45, 2.75) is 64.5 Å². The molecule has 0 unspecified atom stereocenters. The molecule has 1 aromatic rings. The van der Waals surface area contributed by atoms with Crippen LogP contribution in [0.2, 0.25) is 0 Å². The fourth-order valence-corrected chi connectivity index (χ4v) is 4.00. The van der Waals surface area contributed by atoms with Crippen molar-refractivity contribution in [3.05, 3.63) is 29.6 Å². The maximum absolute atomic E-state index is 14.6. The van der Waals surface area contributed by atoms with Gasteiger partial charge in [-0.3, -0.25) is 0 Å². The van der Waals surface area contributed by atoms with Gasteiger partial charge in [-0.1, -0.05) is 25.8 Å². The zero-order chi connectivity index (χ0) is 15.5. The molecule has 3 heteroatoms. The molecule has 1 heterocycles. The van der Waals surface area contributed by atoms with Gasteiger partial charge in [0.2, 0.25) is 0 Å². The number of benzene rings is 1. The summed E-state index contributed by atoms with van der Waals surface area (Å²) in [5.74, 6) is 0.599. The lowest BCUT2D eigenvalue weighted by Gasteiger charge is -2.33. The first-order chi connectivity index (χ1) is 10.6. The Morgan fingerprint density at radius 3 is 2.64 bits per heavy atom. The van der Waals surface area contributed by atoms with Crippen LogP contribution in [-0.4, -0.2) is 19.1 Å². The van der Waals surface area contributed by atoms with E-state index in [1.54, 1.807) is 6.07 Å². The Kier molecular flexibility index (Phi) is 5.02. The third kappa shape index (κ3) is 3.62. The normalized spacial score (nSPS) is 24.7. The molecule has 1 saturated heterocycles. The van der Waals surface area contributed by atoms with Crippen molar-refractivity contribution in [3.63, 3.8) is 0 Å². The van der Waals surface area contributed by atoms with Crippen LogP contribution in [0.4, 0.5) is 10.1 Å². The standard InChI is InChI=1S/C19H29FN2/c1-14-6-5-11-22(13-14)19-10-9-16(12-18(19)20)15(2)21-17-7-3-4-8-17/h9-10,12,14-15,17,21H,3-8,11,13H2,1-2H3/t14-,15+/m1/s1. The van der Waals surface area contributed by atoms with Gasteiger partial charge in [-0.2, -0.15) is 0 Å². The van der Waals surface area contributed by atoms with Gasteiger partial charge in [0.15, 0.2) is 0 Å². The number of hydrogen-bond acceptors (Lipinski definition) is 2. The van der Waals surface area contributed by atoms with Crippen molar-refractivity contribution >= 4 is 5.69 Å². The van der Waals surface area contributed by atoms with Gasteiger partial charge in [0, 0.05) is 25.2 Å². The van der Waals surface area contributed by atoms with Crippen molar-refractivity contribution in [1.29, 1.82) is 0 Å². The number of nitrogens with zero attached hydrogens (tertiary/aromatic N) is 1. The van der Waals surface area contributed by atoms with Crippen LogP contribution < -0.4 is 10.2 Å². The summed E-state index contributed by atoms with van der Waals surface area (Å²) in [5.41, 5.74) is 1.85. The van der Waals surface area contributed by atoms with Crippen LogP contribution in [0, 0.1) is 11.7 Å². The molecular weight excluding hydrogens is 275 g/mol. The molecule has 3 rings (SSSR count). The molecule has 122 valence electrons. The Hall–Kier alpha value is -1.09. The predicted octanol–water partition coefficient (Wildman–Crippen LogP) is 4.66. The van der Waals surface area contributed by atoms with Gasteiger partial charge in [0.05, 0.1) is 5.69 Å². The maximum atomic E-state index is 14.6. The quantitative estimate of drug-likeness (QED) is 0.870. The van der Waals surface area contributed by atoms with Crippen LogP contribution in [0.3, 0.4) is 0 Å². The van der Waals surface area contributed by atoms with E-state index in [1.165, 1.54) is 38.5 Å². The minimum Gasteiger partial charge on any atom is -0.369 e. The smallest absolute Gasteiger partial charge is 0.146 e. The topological polar surface area (TPSA) is 15.3 Å².